The normalized spacial score (nSPS) is 10.5. The summed E-state index contributed by atoms with van der Waals surface area (Å²) in [4.78, 5) is 0. The highest BCUT2D eigenvalue weighted by Gasteiger charge is 2.13. The Morgan fingerprint density at radius 2 is 1.55 bits per heavy atom. The molecule has 0 saturated carbocycles. The fourth-order valence-electron chi connectivity index (χ4n) is 2.58. The molecule has 2 aromatic carbocycles. The molecule has 2 N–H and O–H groups in total. The maximum atomic E-state index is 10.2. The Balaban J connectivity index is 2.27. The smallest absolute Gasteiger partial charge is 0.125 e. The number of phenols is 2. The van der Waals surface area contributed by atoms with Crippen LogP contribution in [0.25, 0.3) is 0 Å². The predicted octanol–water partition coefficient (Wildman–Crippen LogP) is 3.52. The van der Waals surface area contributed by atoms with Crippen LogP contribution >= 0.6 is 0 Å². The number of phenolic OH excluding ortho intramolecular Hbond substituents is 2. The Hall–Kier alpha value is -2.36. The van der Waals surface area contributed by atoms with Gasteiger partial charge in [0, 0.05) is 5.56 Å². The molecule has 2 aromatic rings. The zero-order valence-electron chi connectivity index (χ0n) is 13.4. The number of hydrogen-bond acceptors (Lipinski definition) is 4. The summed E-state index contributed by atoms with van der Waals surface area (Å²) >= 11 is 0. The number of aromatic hydroxyl groups is 2. The third-order valence-corrected chi connectivity index (χ3v) is 3.93. The third kappa shape index (κ3) is 3.11. The van der Waals surface area contributed by atoms with Crippen molar-refractivity contribution in [3.05, 3.63) is 46.5 Å². The van der Waals surface area contributed by atoms with Crippen molar-refractivity contribution in [1.29, 1.82) is 0 Å². The Labute approximate surface area is 130 Å². The Morgan fingerprint density at radius 1 is 0.864 bits per heavy atom. The van der Waals surface area contributed by atoms with Gasteiger partial charge in [-0.3, -0.25) is 0 Å². The van der Waals surface area contributed by atoms with Crippen LogP contribution in [-0.4, -0.2) is 24.4 Å². The molecule has 0 atom stereocenters. The van der Waals surface area contributed by atoms with Crippen LogP contribution in [-0.2, 0) is 12.8 Å². The molecule has 4 heteroatoms. The van der Waals surface area contributed by atoms with Gasteiger partial charge < -0.3 is 19.7 Å². The summed E-state index contributed by atoms with van der Waals surface area (Å²) in [5.74, 6) is 1.88. The van der Waals surface area contributed by atoms with Gasteiger partial charge in [0.25, 0.3) is 0 Å². The second-order valence-electron chi connectivity index (χ2n) is 5.35. The molecule has 0 aliphatic rings. The van der Waals surface area contributed by atoms with Crippen LogP contribution in [0.5, 0.6) is 23.0 Å². The van der Waals surface area contributed by atoms with Crippen molar-refractivity contribution >= 4 is 0 Å². The minimum Gasteiger partial charge on any atom is -0.507 e. The van der Waals surface area contributed by atoms with E-state index in [2.05, 4.69) is 0 Å². The van der Waals surface area contributed by atoms with Crippen LogP contribution in [0.4, 0.5) is 0 Å². The number of methoxy groups -OCH3 is 2. The molecular formula is C18H22O4. The lowest BCUT2D eigenvalue weighted by Crippen LogP contribution is -1.98. The minimum absolute atomic E-state index is 0.153. The first kappa shape index (κ1) is 16.0. The van der Waals surface area contributed by atoms with E-state index in [4.69, 9.17) is 9.47 Å². The van der Waals surface area contributed by atoms with Gasteiger partial charge in [0.1, 0.15) is 23.0 Å². The zero-order chi connectivity index (χ0) is 16.3. The van der Waals surface area contributed by atoms with E-state index in [1.807, 2.05) is 31.2 Å². The van der Waals surface area contributed by atoms with Gasteiger partial charge in [-0.25, -0.2) is 0 Å². The molecule has 0 aliphatic carbocycles. The van der Waals surface area contributed by atoms with E-state index in [9.17, 15) is 10.2 Å². The molecule has 0 saturated heterocycles. The summed E-state index contributed by atoms with van der Waals surface area (Å²) in [5.41, 5.74) is 3.12. The molecule has 0 aliphatic heterocycles. The van der Waals surface area contributed by atoms with E-state index in [0.717, 1.165) is 28.2 Å². The fourth-order valence-corrected chi connectivity index (χ4v) is 2.58. The van der Waals surface area contributed by atoms with Crippen molar-refractivity contribution in [3.8, 4) is 23.0 Å². The lowest BCUT2D eigenvalue weighted by molar-refractivity contribution is 0.398. The lowest BCUT2D eigenvalue weighted by atomic mass is 9.98. The fraction of sp³-hybridized carbons (Fsp3) is 0.333. The van der Waals surface area contributed by atoms with E-state index >= 15 is 0 Å². The Kier molecular flexibility index (Phi) is 4.81. The number of hydrogen-bond donors (Lipinski definition) is 2. The van der Waals surface area contributed by atoms with Crippen LogP contribution in [0, 0.1) is 13.8 Å². The molecular weight excluding hydrogens is 280 g/mol. The van der Waals surface area contributed by atoms with Crippen LogP contribution < -0.4 is 9.47 Å². The van der Waals surface area contributed by atoms with Crippen molar-refractivity contribution in [2.75, 3.05) is 14.2 Å². The van der Waals surface area contributed by atoms with Crippen LogP contribution in [0.2, 0.25) is 0 Å². The van der Waals surface area contributed by atoms with E-state index in [1.165, 1.54) is 0 Å². The second kappa shape index (κ2) is 6.60. The number of benzene rings is 2. The van der Waals surface area contributed by atoms with Crippen molar-refractivity contribution in [1.82, 2.24) is 0 Å². The molecule has 118 valence electrons. The molecule has 22 heavy (non-hydrogen) atoms. The second-order valence-corrected chi connectivity index (χ2v) is 5.35. The monoisotopic (exact) mass is 302 g/mol. The molecule has 0 spiro atoms. The summed E-state index contributed by atoms with van der Waals surface area (Å²) in [6.07, 6.45) is 1.36. The summed E-state index contributed by atoms with van der Waals surface area (Å²) < 4.78 is 10.6. The summed E-state index contributed by atoms with van der Waals surface area (Å²) in [6.45, 7) is 3.55. The van der Waals surface area contributed by atoms with E-state index < -0.39 is 0 Å². The highest BCUT2D eigenvalue weighted by Crippen LogP contribution is 2.34. The largest absolute Gasteiger partial charge is 0.507 e. The molecule has 0 fully saturated rings. The summed E-state index contributed by atoms with van der Waals surface area (Å²) in [5, 5.41) is 20.0. The zero-order valence-corrected chi connectivity index (χ0v) is 13.4. The number of aryl methyl sites for hydroxylation is 3. The van der Waals surface area contributed by atoms with Crippen molar-refractivity contribution in [2.24, 2.45) is 0 Å². The maximum Gasteiger partial charge on any atom is 0.125 e. The van der Waals surface area contributed by atoms with E-state index in [0.29, 0.717) is 18.4 Å². The van der Waals surface area contributed by atoms with Crippen molar-refractivity contribution < 1.29 is 19.7 Å². The SMILES string of the molecule is COc1ccc(OC)c(CCc2cc(C)c(O)c(C)c2O)c1. The molecule has 0 heterocycles. The summed E-state index contributed by atoms with van der Waals surface area (Å²) in [6, 6.07) is 7.50. The van der Waals surface area contributed by atoms with Gasteiger partial charge in [-0.2, -0.15) is 0 Å². The maximum absolute atomic E-state index is 10.2. The van der Waals surface area contributed by atoms with Crippen molar-refractivity contribution in [2.45, 2.75) is 26.7 Å². The van der Waals surface area contributed by atoms with Crippen LogP contribution in [0.1, 0.15) is 22.3 Å². The molecule has 0 radical (unpaired) electrons. The lowest BCUT2D eigenvalue weighted by Gasteiger charge is -2.13. The molecule has 0 bridgehead atoms. The molecule has 0 amide bonds. The van der Waals surface area contributed by atoms with E-state index in [1.54, 1.807) is 21.1 Å². The standard InChI is InChI=1S/C18H22O4/c1-11-9-14(18(20)12(2)17(11)19)6-5-13-10-15(21-3)7-8-16(13)22-4/h7-10,19-20H,5-6H2,1-4H3. The van der Waals surface area contributed by atoms with Gasteiger partial charge in [-0.05, 0) is 67.6 Å². The van der Waals surface area contributed by atoms with Crippen molar-refractivity contribution in [3.63, 3.8) is 0 Å². The van der Waals surface area contributed by atoms with E-state index in [-0.39, 0.29) is 11.5 Å². The molecule has 0 aromatic heterocycles. The highest BCUT2D eigenvalue weighted by molar-refractivity contribution is 5.52. The van der Waals surface area contributed by atoms with Gasteiger partial charge >= 0.3 is 0 Å². The molecule has 4 nitrogen and oxygen atoms in total. The molecule has 2 rings (SSSR count). The third-order valence-electron chi connectivity index (χ3n) is 3.93. The molecule has 0 unspecified atom stereocenters. The quantitative estimate of drug-likeness (QED) is 0.887. The van der Waals surface area contributed by atoms with Gasteiger partial charge in [-0.15, -0.1) is 0 Å². The summed E-state index contributed by atoms with van der Waals surface area (Å²) in [7, 11) is 3.27. The minimum atomic E-state index is 0.153. The first-order valence-corrected chi connectivity index (χ1v) is 7.19. The van der Waals surface area contributed by atoms with Crippen LogP contribution in [0.3, 0.4) is 0 Å². The Morgan fingerprint density at radius 3 is 2.18 bits per heavy atom. The highest BCUT2D eigenvalue weighted by atomic mass is 16.5. The number of ether oxygens (including phenoxy) is 2. The first-order chi connectivity index (χ1) is 10.5. The topological polar surface area (TPSA) is 58.9 Å². The predicted molar refractivity (Wildman–Crippen MR) is 86.2 cm³/mol. The van der Waals surface area contributed by atoms with Gasteiger partial charge in [-0.1, -0.05) is 0 Å². The number of rotatable bonds is 5. The average Bonchev–Trinajstić information content (AvgIpc) is 2.54. The Bertz CT molecular complexity index is 677. The van der Waals surface area contributed by atoms with Gasteiger partial charge in [0.2, 0.25) is 0 Å². The van der Waals surface area contributed by atoms with Gasteiger partial charge in [0.15, 0.2) is 0 Å². The average molecular weight is 302 g/mol. The van der Waals surface area contributed by atoms with Gasteiger partial charge in [0.05, 0.1) is 14.2 Å². The van der Waals surface area contributed by atoms with Crippen LogP contribution in [0.15, 0.2) is 24.3 Å². The first-order valence-electron chi connectivity index (χ1n) is 7.19.